The van der Waals surface area contributed by atoms with Gasteiger partial charge in [-0.2, -0.15) is 0 Å². The molecule has 2 aromatic rings. The molecule has 1 heterocycles. The molecule has 1 N–H and O–H groups in total. The number of aromatic nitrogens is 1. The van der Waals surface area contributed by atoms with Crippen molar-refractivity contribution in [3.63, 3.8) is 0 Å². The molecule has 0 bridgehead atoms. The van der Waals surface area contributed by atoms with Gasteiger partial charge < -0.3 is 5.32 Å². The summed E-state index contributed by atoms with van der Waals surface area (Å²) in [5, 5.41) is 4.79. The molecule has 72 valence electrons. The maximum atomic E-state index is 6.05. The van der Waals surface area contributed by atoms with Crippen molar-refractivity contribution in [3.8, 4) is 0 Å². The highest BCUT2D eigenvalue weighted by atomic mass is 79.9. The zero-order valence-corrected chi connectivity index (χ0v) is 9.85. The first-order chi connectivity index (χ1) is 6.74. The van der Waals surface area contributed by atoms with Crippen LogP contribution in [0.5, 0.6) is 0 Å². The topological polar surface area (TPSA) is 24.9 Å². The van der Waals surface area contributed by atoms with Gasteiger partial charge in [0.2, 0.25) is 0 Å². The van der Waals surface area contributed by atoms with Gasteiger partial charge in [-0.3, -0.25) is 4.98 Å². The Labute approximate surface area is 95.4 Å². The third-order valence-electron chi connectivity index (χ3n) is 2.06. The van der Waals surface area contributed by atoms with Crippen molar-refractivity contribution in [3.05, 3.63) is 33.9 Å². The van der Waals surface area contributed by atoms with E-state index in [9.17, 15) is 0 Å². The van der Waals surface area contributed by atoms with Gasteiger partial charge in [-0.1, -0.05) is 27.5 Å². The maximum absolute atomic E-state index is 6.05. The largest absolute Gasteiger partial charge is 0.387 e. The summed E-state index contributed by atoms with van der Waals surface area (Å²) >= 11 is 9.53. The number of rotatable bonds is 1. The normalized spacial score (nSPS) is 10.5. The molecule has 0 aliphatic carbocycles. The third kappa shape index (κ3) is 1.47. The van der Waals surface area contributed by atoms with Gasteiger partial charge in [0, 0.05) is 28.8 Å². The van der Waals surface area contributed by atoms with Crippen LogP contribution in [0.2, 0.25) is 5.02 Å². The first-order valence-electron chi connectivity index (χ1n) is 4.14. The van der Waals surface area contributed by atoms with Crippen LogP contribution >= 0.6 is 27.5 Å². The molecule has 0 amide bonds. The molecule has 0 spiro atoms. The van der Waals surface area contributed by atoms with Gasteiger partial charge in [0.05, 0.1) is 10.5 Å². The molecule has 0 aliphatic rings. The number of hydrogen-bond acceptors (Lipinski definition) is 2. The van der Waals surface area contributed by atoms with Crippen LogP contribution < -0.4 is 5.32 Å². The minimum atomic E-state index is 0.667. The van der Waals surface area contributed by atoms with Crippen molar-refractivity contribution in [1.29, 1.82) is 0 Å². The first kappa shape index (κ1) is 9.74. The molecule has 2 rings (SSSR count). The number of hydrogen-bond donors (Lipinski definition) is 1. The Morgan fingerprint density at radius 2 is 2.14 bits per heavy atom. The molecule has 0 saturated heterocycles. The highest BCUT2D eigenvalue weighted by molar-refractivity contribution is 9.10. The van der Waals surface area contributed by atoms with Gasteiger partial charge in [0.15, 0.2) is 0 Å². The molecule has 0 atom stereocenters. The minimum Gasteiger partial charge on any atom is -0.387 e. The highest BCUT2D eigenvalue weighted by Crippen LogP contribution is 2.33. The molecule has 0 radical (unpaired) electrons. The molecular formula is C10H8BrClN2. The number of halogens is 2. The lowest BCUT2D eigenvalue weighted by molar-refractivity contribution is 1.39. The third-order valence-corrected chi connectivity index (χ3v) is 3.03. The van der Waals surface area contributed by atoms with E-state index in [-0.39, 0.29) is 0 Å². The van der Waals surface area contributed by atoms with E-state index in [0.717, 1.165) is 21.1 Å². The lowest BCUT2D eigenvalue weighted by Crippen LogP contribution is -1.91. The van der Waals surface area contributed by atoms with E-state index in [2.05, 4.69) is 26.2 Å². The van der Waals surface area contributed by atoms with Crippen molar-refractivity contribution >= 4 is 44.1 Å². The summed E-state index contributed by atoms with van der Waals surface area (Å²) < 4.78 is 0.995. The summed E-state index contributed by atoms with van der Waals surface area (Å²) in [7, 11) is 1.88. The average molecular weight is 272 g/mol. The zero-order valence-electron chi connectivity index (χ0n) is 7.51. The molecule has 1 aromatic carbocycles. The summed E-state index contributed by atoms with van der Waals surface area (Å²) in [6, 6.07) is 5.68. The fourth-order valence-corrected chi connectivity index (χ4v) is 2.14. The van der Waals surface area contributed by atoms with Gasteiger partial charge in [-0.05, 0) is 18.2 Å². The van der Waals surface area contributed by atoms with Crippen LogP contribution in [0.25, 0.3) is 10.9 Å². The van der Waals surface area contributed by atoms with E-state index in [4.69, 9.17) is 11.6 Å². The van der Waals surface area contributed by atoms with Gasteiger partial charge in [-0.25, -0.2) is 0 Å². The summed E-state index contributed by atoms with van der Waals surface area (Å²) in [6.07, 6.45) is 1.74. The number of anilines is 1. The molecule has 0 saturated carbocycles. The monoisotopic (exact) mass is 270 g/mol. The van der Waals surface area contributed by atoms with Gasteiger partial charge >= 0.3 is 0 Å². The fourth-order valence-electron chi connectivity index (χ4n) is 1.40. The maximum Gasteiger partial charge on any atom is 0.0920 e. The SMILES string of the molecule is CNc1ccnc2c(Cl)ccc(Br)c12. The molecule has 2 nitrogen and oxygen atoms in total. The van der Waals surface area contributed by atoms with Gasteiger partial charge in [-0.15, -0.1) is 0 Å². The fraction of sp³-hybridized carbons (Fsp3) is 0.100. The predicted octanol–water partition coefficient (Wildman–Crippen LogP) is 3.69. The number of nitrogens with one attached hydrogen (secondary N) is 1. The van der Waals surface area contributed by atoms with Crippen LogP contribution in [-0.4, -0.2) is 12.0 Å². The summed E-state index contributed by atoms with van der Waals surface area (Å²) in [4.78, 5) is 4.25. The Hall–Kier alpha value is -0.800. The molecule has 1 aromatic heterocycles. The number of benzene rings is 1. The first-order valence-corrected chi connectivity index (χ1v) is 5.31. The summed E-state index contributed by atoms with van der Waals surface area (Å²) in [5.74, 6) is 0. The Morgan fingerprint density at radius 3 is 2.86 bits per heavy atom. The lowest BCUT2D eigenvalue weighted by Gasteiger charge is -2.07. The second-order valence-corrected chi connectivity index (χ2v) is 4.12. The standard InChI is InChI=1S/C10H8BrClN2/c1-13-8-4-5-14-10-7(12)3-2-6(11)9(8)10/h2-5H,1H3,(H,13,14). The van der Waals surface area contributed by atoms with E-state index in [1.165, 1.54) is 0 Å². The number of nitrogens with zero attached hydrogens (tertiary/aromatic N) is 1. The van der Waals surface area contributed by atoms with Crippen molar-refractivity contribution < 1.29 is 0 Å². The molecule has 14 heavy (non-hydrogen) atoms. The summed E-state index contributed by atoms with van der Waals surface area (Å²) in [5.41, 5.74) is 1.83. The zero-order chi connectivity index (χ0) is 10.1. The van der Waals surface area contributed by atoms with E-state index < -0.39 is 0 Å². The molecular weight excluding hydrogens is 263 g/mol. The number of fused-ring (bicyclic) bond motifs is 1. The molecule has 0 aliphatic heterocycles. The van der Waals surface area contributed by atoms with Crippen molar-refractivity contribution in [2.24, 2.45) is 0 Å². The van der Waals surface area contributed by atoms with E-state index in [1.54, 1.807) is 6.20 Å². The van der Waals surface area contributed by atoms with Crippen LogP contribution in [0.4, 0.5) is 5.69 Å². The molecule has 0 fully saturated rings. The number of pyridine rings is 1. The Bertz CT molecular complexity index is 485. The van der Waals surface area contributed by atoms with Crippen molar-refractivity contribution in [2.75, 3.05) is 12.4 Å². The lowest BCUT2D eigenvalue weighted by atomic mass is 10.2. The van der Waals surface area contributed by atoms with E-state index >= 15 is 0 Å². The predicted molar refractivity (Wildman–Crippen MR) is 64.0 cm³/mol. The van der Waals surface area contributed by atoms with Gasteiger partial charge in [0.25, 0.3) is 0 Å². The Balaban J connectivity index is 2.92. The smallest absolute Gasteiger partial charge is 0.0920 e. The van der Waals surface area contributed by atoms with Gasteiger partial charge in [0.1, 0.15) is 0 Å². The summed E-state index contributed by atoms with van der Waals surface area (Å²) in [6.45, 7) is 0. The van der Waals surface area contributed by atoms with Crippen LogP contribution in [-0.2, 0) is 0 Å². The van der Waals surface area contributed by atoms with Crippen LogP contribution in [0, 0.1) is 0 Å². The van der Waals surface area contributed by atoms with Crippen LogP contribution in [0.15, 0.2) is 28.9 Å². The quantitative estimate of drug-likeness (QED) is 0.855. The Morgan fingerprint density at radius 1 is 1.36 bits per heavy atom. The second kappa shape index (κ2) is 3.75. The second-order valence-electron chi connectivity index (χ2n) is 2.86. The highest BCUT2D eigenvalue weighted by Gasteiger charge is 2.07. The molecule has 4 heteroatoms. The van der Waals surface area contributed by atoms with E-state index in [0.29, 0.717) is 5.02 Å². The minimum absolute atomic E-state index is 0.667. The van der Waals surface area contributed by atoms with Crippen LogP contribution in [0.3, 0.4) is 0 Å². The van der Waals surface area contributed by atoms with E-state index in [1.807, 2.05) is 25.2 Å². The van der Waals surface area contributed by atoms with Crippen molar-refractivity contribution in [2.45, 2.75) is 0 Å². The Kier molecular flexibility index (Phi) is 2.61. The average Bonchev–Trinajstić information content (AvgIpc) is 2.23. The van der Waals surface area contributed by atoms with Crippen LogP contribution in [0.1, 0.15) is 0 Å². The molecule has 0 unspecified atom stereocenters. The van der Waals surface area contributed by atoms with Crippen molar-refractivity contribution in [1.82, 2.24) is 4.98 Å².